The van der Waals surface area contributed by atoms with Crippen LogP contribution in [0.2, 0.25) is 0 Å². The summed E-state index contributed by atoms with van der Waals surface area (Å²) in [5.41, 5.74) is 0. The minimum Gasteiger partial charge on any atom is -0.457 e. The second-order valence-electron chi connectivity index (χ2n) is 11.9. The Morgan fingerprint density at radius 2 is 0.894 bits per heavy atom. The molecule has 0 aromatic carbocycles. The molecule has 0 aliphatic heterocycles. The number of carbonyl (C=O) groups excluding carboxylic acids is 1. The minimum absolute atomic E-state index is 0.200. The lowest BCUT2D eigenvalue weighted by molar-refractivity contribution is -0.154. The molecule has 0 saturated heterocycles. The third kappa shape index (κ3) is 37.6. The van der Waals surface area contributed by atoms with E-state index in [9.17, 15) is 9.90 Å². The van der Waals surface area contributed by atoms with E-state index in [1.807, 2.05) is 0 Å². The Labute approximate surface area is 290 Å². The van der Waals surface area contributed by atoms with Crippen molar-refractivity contribution in [2.24, 2.45) is 0 Å². The van der Waals surface area contributed by atoms with Crippen LogP contribution in [0.15, 0.2) is 97.2 Å². The van der Waals surface area contributed by atoms with E-state index in [1.54, 1.807) is 0 Å². The molecule has 0 aliphatic carbocycles. The summed E-state index contributed by atoms with van der Waals surface area (Å²) < 4.78 is 11.1. The van der Waals surface area contributed by atoms with Crippen molar-refractivity contribution >= 4 is 5.97 Å². The lowest BCUT2D eigenvalue weighted by Crippen LogP contribution is -2.27. The van der Waals surface area contributed by atoms with Gasteiger partial charge in [-0.3, -0.25) is 4.79 Å². The molecular weight excluding hydrogens is 580 g/mol. The van der Waals surface area contributed by atoms with Crippen LogP contribution in [0, 0.1) is 0 Å². The van der Waals surface area contributed by atoms with Crippen molar-refractivity contribution in [3.8, 4) is 0 Å². The number of hydrogen-bond acceptors (Lipinski definition) is 4. The average molecular weight is 651 g/mol. The Bertz CT molecular complexity index is 903. The molecule has 0 aliphatic rings. The molecule has 0 spiro atoms. The van der Waals surface area contributed by atoms with Gasteiger partial charge in [-0.2, -0.15) is 0 Å². The molecule has 0 amide bonds. The molecule has 0 rings (SSSR count). The van der Waals surface area contributed by atoms with Gasteiger partial charge in [-0.25, -0.2) is 0 Å². The maximum Gasteiger partial charge on any atom is 0.306 e. The summed E-state index contributed by atoms with van der Waals surface area (Å²) >= 11 is 0. The molecule has 266 valence electrons. The summed E-state index contributed by atoms with van der Waals surface area (Å²) in [5, 5.41) is 9.56. The van der Waals surface area contributed by atoms with Gasteiger partial charge in [0.2, 0.25) is 0 Å². The Morgan fingerprint density at radius 3 is 1.34 bits per heavy atom. The normalized spacial score (nSPS) is 13.5. The molecule has 0 fully saturated rings. The van der Waals surface area contributed by atoms with Crippen molar-refractivity contribution in [1.82, 2.24) is 0 Å². The molecule has 0 heterocycles. The quantitative estimate of drug-likeness (QED) is 0.0436. The first kappa shape index (κ1) is 44.3. The standard InChI is InChI=1S/C43H70O4/c1-3-5-7-9-11-13-15-17-19-21-23-25-27-29-31-33-35-37-39-46-41-42(40-44)47-43(45)38-36-34-32-30-28-26-24-22-20-18-16-14-12-10-8-6-4-2/h5-8,11-14,17-20,23,25,29,31,42,44H,3-4,9-10,15-16,21-22,24,26-28,30,32-41H2,1-2H3/b7-5-,8-6-,13-11-,14-12-,19-17-,20-18-,25-23-,31-29-. The van der Waals surface area contributed by atoms with Crippen molar-refractivity contribution in [3.05, 3.63) is 97.2 Å². The van der Waals surface area contributed by atoms with Gasteiger partial charge in [0.1, 0.15) is 6.10 Å². The van der Waals surface area contributed by atoms with Crippen LogP contribution in [0.1, 0.15) is 142 Å². The van der Waals surface area contributed by atoms with Crippen LogP contribution < -0.4 is 0 Å². The van der Waals surface area contributed by atoms with Crippen molar-refractivity contribution in [1.29, 1.82) is 0 Å². The Kier molecular flexibility index (Phi) is 37.2. The number of carbonyl (C=O) groups is 1. The lowest BCUT2D eigenvalue weighted by atomic mass is 10.1. The monoisotopic (exact) mass is 651 g/mol. The molecule has 0 aromatic heterocycles. The van der Waals surface area contributed by atoms with Crippen LogP contribution in [-0.4, -0.2) is 37.0 Å². The lowest BCUT2D eigenvalue weighted by Gasteiger charge is -2.15. The predicted octanol–water partition coefficient (Wildman–Crippen LogP) is 12.2. The van der Waals surface area contributed by atoms with Crippen LogP contribution in [0.25, 0.3) is 0 Å². The summed E-state index contributed by atoms with van der Waals surface area (Å²) in [4.78, 5) is 12.2. The molecular formula is C43H70O4. The van der Waals surface area contributed by atoms with Gasteiger partial charge in [0.05, 0.1) is 13.2 Å². The molecule has 4 nitrogen and oxygen atoms in total. The fraction of sp³-hybridized carbons (Fsp3) is 0.605. The van der Waals surface area contributed by atoms with Gasteiger partial charge in [0.25, 0.3) is 0 Å². The highest BCUT2D eigenvalue weighted by Gasteiger charge is 2.13. The van der Waals surface area contributed by atoms with Gasteiger partial charge in [-0.15, -0.1) is 0 Å². The van der Waals surface area contributed by atoms with E-state index >= 15 is 0 Å². The van der Waals surface area contributed by atoms with Crippen molar-refractivity contribution in [2.45, 2.75) is 148 Å². The van der Waals surface area contributed by atoms with Gasteiger partial charge in [-0.1, -0.05) is 143 Å². The molecule has 0 saturated carbocycles. The summed E-state index contributed by atoms with van der Waals surface area (Å²) in [6.07, 6.45) is 55.9. The number of esters is 1. The average Bonchev–Trinajstić information content (AvgIpc) is 3.08. The predicted molar refractivity (Wildman–Crippen MR) is 205 cm³/mol. The second kappa shape index (κ2) is 39.5. The number of hydrogen-bond donors (Lipinski definition) is 1. The second-order valence-corrected chi connectivity index (χ2v) is 11.9. The third-order valence-electron chi connectivity index (χ3n) is 7.40. The van der Waals surface area contributed by atoms with Crippen LogP contribution >= 0.6 is 0 Å². The first-order valence-corrected chi connectivity index (χ1v) is 18.8. The molecule has 0 radical (unpaired) electrons. The van der Waals surface area contributed by atoms with Crippen LogP contribution in [-0.2, 0) is 14.3 Å². The number of unbranched alkanes of at least 4 members (excludes halogenated alkanes) is 9. The van der Waals surface area contributed by atoms with Gasteiger partial charge >= 0.3 is 5.97 Å². The van der Waals surface area contributed by atoms with Crippen molar-refractivity contribution in [3.63, 3.8) is 0 Å². The van der Waals surface area contributed by atoms with E-state index in [-0.39, 0.29) is 19.2 Å². The van der Waals surface area contributed by atoms with Gasteiger partial charge < -0.3 is 14.6 Å². The summed E-state index contributed by atoms with van der Waals surface area (Å²) in [6, 6.07) is 0. The fourth-order valence-corrected chi connectivity index (χ4v) is 4.66. The van der Waals surface area contributed by atoms with Crippen molar-refractivity contribution < 1.29 is 19.4 Å². The first-order chi connectivity index (χ1) is 23.2. The zero-order chi connectivity index (χ0) is 34.1. The number of aliphatic hydroxyl groups excluding tert-OH is 1. The smallest absolute Gasteiger partial charge is 0.306 e. The van der Waals surface area contributed by atoms with Gasteiger partial charge in [-0.05, 0) is 89.9 Å². The van der Waals surface area contributed by atoms with Crippen LogP contribution in [0.5, 0.6) is 0 Å². The Balaban J connectivity index is 3.60. The highest BCUT2D eigenvalue weighted by Crippen LogP contribution is 2.11. The zero-order valence-corrected chi connectivity index (χ0v) is 30.3. The topological polar surface area (TPSA) is 55.8 Å². The van der Waals surface area contributed by atoms with Gasteiger partial charge in [0, 0.05) is 13.0 Å². The highest BCUT2D eigenvalue weighted by molar-refractivity contribution is 5.69. The van der Waals surface area contributed by atoms with Crippen LogP contribution in [0.4, 0.5) is 0 Å². The Morgan fingerprint density at radius 1 is 0.511 bits per heavy atom. The summed E-state index contributed by atoms with van der Waals surface area (Å²) in [6.45, 7) is 4.99. The molecule has 1 unspecified atom stereocenters. The molecule has 4 heteroatoms. The number of rotatable bonds is 33. The van der Waals surface area contributed by atoms with Crippen LogP contribution in [0.3, 0.4) is 0 Å². The SMILES string of the molecule is CC/C=C\C/C=C\C/C=C\C/C=C\C/C=C\CCCCOCC(CO)OC(=O)CCCCCCCCC/C=C\C/C=C\C/C=C\CC. The summed E-state index contributed by atoms with van der Waals surface area (Å²) in [7, 11) is 0. The summed E-state index contributed by atoms with van der Waals surface area (Å²) in [5.74, 6) is -0.231. The molecule has 1 atom stereocenters. The van der Waals surface area contributed by atoms with E-state index in [2.05, 4.69) is 111 Å². The Hall–Kier alpha value is -2.69. The van der Waals surface area contributed by atoms with E-state index in [0.717, 1.165) is 96.3 Å². The van der Waals surface area contributed by atoms with E-state index in [0.29, 0.717) is 13.0 Å². The van der Waals surface area contributed by atoms with E-state index in [1.165, 1.54) is 25.7 Å². The minimum atomic E-state index is -0.568. The maximum atomic E-state index is 12.2. The molecule has 47 heavy (non-hydrogen) atoms. The van der Waals surface area contributed by atoms with Gasteiger partial charge in [0.15, 0.2) is 0 Å². The highest BCUT2D eigenvalue weighted by atomic mass is 16.6. The largest absolute Gasteiger partial charge is 0.457 e. The van der Waals surface area contributed by atoms with E-state index < -0.39 is 6.10 Å². The molecule has 0 bridgehead atoms. The number of aliphatic hydroxyl groups is 1. The molecule has 1 N–H and O–H groups in total. The van der Waals surface area contributed by atoms with E-state index in [4.69, 9.17) is 9.47 Å². The van der Waals surface area contributed by atoms with Crippen molar-refractivity contribution in [2.75, 3.05) is 19.8 Å². The third-order valence-corrected chi connectivity index (χ3v) is 7.40. The number of allylic oxidation sites excluding steroid dienone is 16. The number of ether oxygens (including phenoxy) is 2. The fourth-order valence-electron chi connectivity index (χ4n) is 4.66. The molecule has 0 aromatic rings. The first-order valence-electron chi connectivity index (χ1n) is 18.8. The maximum absolute atomic E-state index is 12.2. The zero-order valence-electron chi connectivity index (χ0n) is 30.3.